The number of aromatic nitrogens is 2. The van der Waals surface area contributed by atoms with E-state index in [1.165, 1.54) is 12.1 Å². The molecule has 8 heteroatoms. The first-order chi connectivity index (χ1) is 12.0. The van der Waals surface area contributed by atoms with Gasteiger partial charge in [-0.15, -0.1) is 0 Å². The van der Waals surface area contributed by atoms with Crippen molar-refractivity contribution >= 4 is 52.0 Å². The van der Waals surface area contributed by atoms with Crippen LogP contribution < -0.4 is 10.6 Å². The molecule has 0 aliphatic heterocycles. The summed E-state index contributed by atoms with van der Waals surface area (Å²) in [6, 6.07) is 13.2. The molecule has 3 aromatic rings. The Morgan fingerprint density at radius 2 is 1.96 bits per heavy atom. The van der Waals surface area contributed by atoms with Crippen LogP contribution in [0, 0.1) is 5.82 Å². The second kappa shape index (κ2) is 7.82. The molecule has 0 spiro atoms. The lowest BCUT2D eigenvalue weighted by Crippen LogP contribution is -2.19. The summed E-state index contributed by atoms with van der Waals surface area (Å²) in [7, 11) is 0. The fourth-order valence-electron chi connectivity index (χ4n) is 2.20. The van der Waals surface area contributed by atoms with Gasteiger partial charge >= 0.3 is 0 Å². The second-order valence-electron chi connectivity index (χ2n) is 5.23. The maximum atomic E-state index is 13.2. The molecule has 2 N–H and O–H groups in total. The van der Waals surface area contributed by atoms with E-state index < -0.39 is 0 Å². The van der Waals surface area contributed by atoms with E-state index in [1.54, 1.807) is 41.2 Å². The molecule has 4 nitrogen and oxygen atoms in total. The van der Waals surface area contributed by atoms with Gasteiger partial charge in [0.05, 0.1) is 17.3 Å². The third kappa shape index (κ3) is 4.92. The molecule has 0 radical (unpaired) electrons. The molecule has 0 saturated heterocycles. The monoisotopic (exact) mass is 394 g/mol. The Kier molecular flexibility index (Phi) is 5.53. The fourth-order valence-corrected chi connectivity index (χ4v) is 2.87. The van der Waals surface area contributed by atoms with Crippen LogP contribution in [0.2, 0.25) is 10.0 Å². The van der Waals surface area contributed by atoms with E-state index in [0.717, 1.165) is 5.56 Å². The zero-order chi connectivity index (χ0) is 17.8. The summed E-state index contributed by atoms with van der Waals surface area (Å²) < 4.78 is 14.9. The number of nitrogens with one attached hydrogen (secondary N) is 2. The van der Waals surface area contributed by atoms with E-state index in [4.69, 9.17) is 35.4 Å². The van der Waals surface area contributed by atoms with Crippen LogP contribution in [0.3, 0.4) is 0 Å². The Hall–Kier alpha value is -2.15. The highest BCUT2D eigenvalue weighted by atomic mass is 35.5. The predicted molar refractivity (Wildman–Crippen MR) is 104 cm³/mol. The Balaban J connectivity index is 1.61. The highest BCUT2D eigenvalue weighted by Gasteiger charge is 2.06. The van der Waals surface area contributed by atoms with Crippen molar-refractivity contribution in [2.75, 3.05) is 10.6 Å². The molecule has 0 saturated carbocycles. The van der Waals surface area contributed by atoms with Crippen LogP contribution in [-0.4, -0.2) is 14.9 Å². The van der Waals surface area contributed by atoms with Crippen molar-refractivity contribution in [1.82, 2.24) is 9.78 Å². The first kappa shape index (κ1) is 17.7. The minimum Gasteiger partial charge on any atom is -0.331 e. The maximum absolute atomic E-state index is 13.2. The molecule has 25 heavy (non-hydrogen) atoms. The van der Waals surface area contributed by atoms with E-state index in [2.05, 4.69) is 15.7 Å². The molecule has 0 amide bonds. The number of hydrogen-bond acceptors (Lipinski definition) is 2. The van der Waals surface area contributed by atoms with Crippen LogP contribution in [0.4, 0.5) is 15.9 Å². The Bertz CT molecular complexity index is 913. The standard InChI is InChI=1S/C17H13Cl2FN4S/c18-12-4-5-15(14(19)9-12)21-17(25)22-16-6-7-24(23-16)10-11-2-1-3-13(20)8-11/h1-9H,10H2,(H2,21,22,23,25). The van der Waals surface area contributed by atoms with E-state index in [9.17, 15) is 4.39 Å². The van der Waals surface area contributed by atoms with Gasteiger partial charge in [-0.1, -0.05) is 35.3 Å². The van der Waals surface area contributed by atoms with E-state index in [0.29, 0.717) is 33.2 Å². The van der Waals surface area contributed by atoms with Crippen LogP contribution in [-0.2, 0) is 6.54 Å². The Labute approximate surface area is 159 Å². The van der Waals surface area contributed by atoms with Gasteiger partial charge in [0.1, 0.15) is 5.82 Å². The molecule has 3 rings (SSSR count). The molecule has 2 aromatic carbocycles. The van der Waals surface area contributed by atoms with Gasteiger partial charge in [-0.05, 0) is 48.1 Å². The molecule has 0 unspecified atom stereocenters. The van der Waals surface area contributed by atoms with Crippen molar-refractivity contribution in [3.05, 3.63) is 76.2 Å². The second-order valence-corrected chi connectivity index (χ2v) is 6.48. The fraction of sp³-hybridized carbons (Fsp3) is 0.0588. The maximum Gasteiger partial charge on any atom is 0.176 e. The van der Waals surface area contributed by atoms with E-state index in [-0.39, 0.29) is 5.82 Å². The summed E-state index contributed by atoms with van der Waals surface area (Å²) in [4.78, 5) is 0. The minimum atomic E-state index is -0.270. The van der Waals surface area contributed by atoms with Gasteiger partial charge in [0.25, 0.3) is 0 Å². The smallest absolute Gasteiger partial charge is 0.176 e. The number of anilines is 2. The largest absolute Gasteiger partial charge is 0.331 e. The van der Waals surface area contributed by atoms with Gasteiger partial charge in [0.2, 0.25) is 0 Å². The molecule has 128 valence electrons. The Morgan fingerprint density at radius 1 is 1.12 bits per heavy atom. The summed E-state index contributed by atoms with van der Waals surface area (Å²) in [5.74, 6) is 0.298. The van der Waals surface area contributed by atoms with Gasteiger partial charge in [-0.3, -0.25) is 4.68 Å². The summed E-state index contributed by atoms with van der Waals surface area (Å²) in [6.07, 6.45) is 1.78. The summed E-state index contributed by atoms with van der Waals surface area (Å²) >= 11 is 17.2. The van der Waals surface area contributed by atoms with Crippen molar-refractivity contribution in [2.24, 2.45) is 0 Å². The average molecular weight is 395 g/mol. The number of benzene rings is 2. The third-order valence-corrected chi connectivity index (χ3v) is 4.05. The number of halogens is 3. The average Bonchev–Trinajstić information content (AvgIpc) is 2.97. The lowest BCUT2D eigenvalue weighted by Gasteiger charge is -2.10. The van der Waals surface area contributed by atoms with Gasteiger partial charge in [0, 0.05) is 17.3 Å². The van der Waals surface area contributed by atoms with Crippen molar-refractivity contribution in [3.8, 4) is 0 Å². The Morgan fingerprint density at radius 3 is 2.72 bits per heavy atom. The van der Waals surface area contributed by atoms with E-state index in [1.807, 2.05) is 6.07 Å². The van der Waals surface area contributed by atoms with Crippen molar-refractivity contribution in [2.45, 2.75) is 6.54 Å². The first-order valence-corrected chi connectivity index (χ1v) is 8.47. The van der Waals surface area contributed by atoms with Crippen molar-refractivity contribution in [1.29, 1.82) is 0 Å². The lowest BCUT2D eigenvalue weighted by atomic mass is 10.2. The van der Waals surface area contributed by atoms with E-state index >= 15 is 0 Å². The lowest BCUT2D eigenvalue weighted by molar-refractivity contribution is 0.619. The third-order valence-electron chi connectivity index (χ3n) is 3.30. The summed E-state index contributed by atoms with van der Waals surface area (Å²) in [5, 5.41) is 11.7. The van der Waals surface area contributed by atoms with Gasteiger partial charge in [0.15, 0.2) is 10.9 Å². The molecule has 0 atom stereocenters. The molecule has 0 bridgehead atoms. The normalized spacial score (nSPS) is 10.5. The highest BCUT2D eigenvalue weighted by Crippen LogP contribution is 2.25. The number of hydrogen-bond donors (Lipinski definition) is 2. The van der Waals surface area contributed by atoms with Crippen LogP contribution in [0.5, 0.6) is 0 Å². The van der Waals surface area contributed by atoms with Crippen LogP contribution >= 0.6 is 35.4 Å². The predicted octanol–water partition coefficient (Wildman–Crippen LogP) is 5.19. The molecule has 0 fully saturated rings. The molecule has 1 heterocycles. The van der Waals surface area contributed by atoms with Crippen LogP contribution in [0.25, 0.3) is 0 Å². The first-order valence-electron chi connectivity index (χ1n) is 7.30. The SMILES string of the molecule is Fc1cccc(Cn2ccc(NC(=S)Nc3ccc(Cl)cc3Cl)n2)c1. The molecule has 1 aromatic heterocycles. The zero-order valence-electron chi connectivity index (χ0n) is 12.8. The summed E-state index contributed by atoms with van der Waals surface area (Å²) in [5.41, 5.74) is 1.46. The molecule has 0 aliphatic carbocycles. The quantitative estimate of drug-likeness (QED) is 0.597. The minimum absolute atomic E-state index is 0.270. The number of nitrogens with zero attached hydrogens (tertiary/aromatic N) is 2. The number of rotatable bonds is 4. The number of thiocarbonyl (C=S) groups is 1. The molecule has 0 aliphatic rings. The summed E-state index contributed by atoms with van der Waals surface area (Å²) in [6.45, 7) is 0.461. The van der Waals surface area contributed by atoms with Crippen LogP contribution in [0.15, 0.2) is 54.7 Å². The highest BCUT2D eigenvalue weighted by molar-refractivity contribution is 7.80. The van der Waals surface area contributed by atoms with Gasteiger partial charge < -0.3 is 10.6 Å². The van der Waals surface area contributed by atoms with Crippen LogP contribution in [0.1, 0.15) is 5.56 Å². The van der Waals surface area contributed by atoms with Gasteiger partial charge in [-0.2, -0.15) is 5.10 Å². The topological polar surface area (TPSA) is 41.9 Å². The van der Waals surface area contributed by atoms with Crippen molar-refractivity contribution < 1.29 is 4.39 Å². The molecular formula is C17H13Cl2FN4S. The zero-order valence-corrected chi connectivity index (χ0v) is 15.2. The molecular weight excluding hydrogens is 382 g/mol. The van der Waals surface area contributed by atoms with Gasteiger partial charge in [-0.25, -0.2) is 4.39 Å². The van der Waals surface area contributed by atoms with Crippen molar-refractivity contribution in [3.63, 3.8) is 0 Å².